The summed E-state index contributed by atoms with van der Waals surface area (Å²) in [5.41, 5.74) is 5.94. The molecule has 0 saturated carbocycles. The maximum atomic E-state index is 14.4. The van der Waals surface area contributed by atoms with Gasteiger partial charge in [0, 0.05) is 47.8 Å². The zero-order valence-electron chi connectivity index (χ0n) is 28.6. The van der Waals surface area contributed by atoms with Gasteiger partial charge in [-0.15, -0.1) is 0 Å². The van der Waals surface area contributed by atoms with E-state index in [2.05, 4.69) is 24.3 Å². The summed E-state index contributed by atoms with van der Waals surface area (Å²) in [4.78, 5) is 44.9. The van der Waals surface area contributed by atoms with Crippen molar-refractivity contribution in [2.45, 2.75) is 37.3 Å². The third-order valence-corrected chi connectivity index (χ3v) is 10.4. The minimum Gasteiger partial charge on any atom is -0.448 e. The molecule has 258 valence electrons. The van der Waals surface area contributed by atoms with Gasteiger partial charge in [0.15, 0.2) is 5.60 Å². The summed E-state index contributed by atoms with van der Waals surface area (Å²) in [6, 6.07) is 39.5. The van der Waals surface area contributed by atoms with Crippen LogP contribution >= 0.6 is 11.6 Å². The molecular formula is C43H39ClN2O5. The zero-order chi connectivity index (χ0) is 35.5. The molecule has 8 heteroatoms. The van der Waals surface area contributed by atoms with E-state index in [4.69, 9.17) is 21.1 Å². The van der Waals surface area contributed by atoms with Crippen LogP contribution in [-0.2, 0) is 24.7 Å². The van der Waals surface area contributed by atoms with Gasteiger partial charge >= 0.3 is 12.1 Å². The number of amides is 2. The number of hydrogen-bond acceptors (Lipinski definition) is 5. The van der Waals surface area contributed by atoms with Crippen LogP contribution in [0.5, 0.6) is 0 Å². The van der Waals surface area contributed by atoms with Crippen LogP contribution in [-0.4, -0.2) is 60.6 Å². The maximum Gasteiger partial charge on any atom is 0.410 e. The molecule has 1 aliphatic heterocycles. The van der Waals surface area contributed by atoms with Gasteiger partial charge in [-0.05, 0) is 41.7 Å². The average molecular weight is 699 g/mol. The molecule has 1 unspecified atom stereocenters. The minimum absolute atomic E-state index is 0.0866. The Hall–Kier alpha value is -5.40. The fourth-order valence-electron chi connectivity index (χ4n) is 7.19. The standard InChI is InChI=1S/C43H39ClN2O5/c1-29-21-23-31(24-22-29)43(30-13-4-3-5-14-30,37-19-10-11-20-38(37)44)51-40(47)27-39(41(48)46-25-12-26-46)45(2)42(49)50-28-36-34-17-8-6-15-32(34)33-16-7-9-18-35(33)36/h3-11,13-24,36,39H,12,25-28H2,1-2H3/t39-,43?/m0/s1. The van der Waals surface area contributed by atoms with Gasteiger partial charge in [0.2, 0.25) is 5.91 Å². The summed E-state index contributed by atoms with van der Waals surface area (Å²) in [6.07, 6.45) is -0.224. The van der Waals surface area contributed by atoms with Crippen LogP contribution in [0.15, 0.2) is 127 Å². The van der Waals surface area contributed by atoms with Crippen molar-refractivity contribution < 1.29 is 23.9 Å². The number of carbonyl (C=O) groups is 3. The number of halogens is 1. The largest absolute Gasteiger partial charge is 0.448 e. The first-order chi connectivity index (χ1) is 24.8. The SMILES string of the molecule is Cc1ccc(C(OC(=O)C[C@@H](C(=O)N2CCC2)N(C)C(=O)OCC2c3ccccc3-c3ccccc32)(c2ccccc2)c2ccccc2Cl)cc1. The molecule has 0 radical (unpaired) electrons. The molecule has 1 aliphatic carbocycles. The van der Waals surface area contributed by atoms with Crippen LogP contribution in [0.4, 0.5) is 4.79 Å². The van der Waals surface area contributed by atoms with Crippen molar-refractivity contribution >= 4 is 29.6 Å². The highest BCUT2D eigenvalue weighted by atomic mass is 35.5. The Morgan fingerprint density at radius 3 is 1.96 bits per heavy atom. The van der Waals surface area contributed by atoms with Crippen molar-refractivity contribution in [3.05, 3.63) is 166 Å². The molecule has 7 rings (SSSR count). The lowest BCUT2D eigenvalue weighted by molar-refractivity contribution is -0.158. The molecule has 2 aliphatic rings. The van der Waals surface area contributed by atoms with E-state index in [1.54, 1.807) is 11.0 Å². The molecule has 2 atom stereocenters. The van der Waals surface area contributed by atoms with Gasteiger partial charge in [-0.2, -0.15) is 0 Å². The summed E-state index contributed by atoms with van der Waals surface area (Å²) in [6.45, 7) is 3.18. The van der Waals surface area contributed by atoms with Crippen LogP contribution in [0.1, 0.15) is 52.1 Å². The number of hydrogen-bond donors (Lipinski definition) is 0. The van der Waals surface area contributed by atoms with Crippen molar-refractivity contribution in [1.29, 1.82) is 0 Å². The first kappa shape index (κ1) is 34.1. The number of ether oxygens (including phenoxy) is 2. The number of fused-ring (bicyclic) bond motifs is 3. The number of esters is 1. The lowest BCUT2D eigenvalue weighted by Gasteiger charge is -2.38. The van der Waals surface area contributed by atoms with Crippen LogP contribution in [0.2, 0.25) is 5.02 Å². The highest BCUT2D eigenvalue weighted by molar-refractivity contribution is 6.31. The first-order valence-corrected chi connectivity index (χ1v) is 17.6. The maximum absolute atomic E-state index is 14.4. The molecule has 5 aromatic rings. The Labute approximate surface area is 303 Å². The van der Waals surface area contributed by atoms with Gasteiger partial charge in [0.25, 0.3) is 0 Å². The van der Waals surface area contributed by atoms with E-state index >= 15 is 0 Å². The molecule has 51 heavy (non-hydrogen) atoms. The van der Waals surface area contributed by atoms with E-state index in [0.29, 0.717) is 34.8 Å². The fraction of sp³-hybridized carbons (Fsp3) is 0.233. The molecule has 1 heterocycles. The summed E-state index contributed by atoms with van der Waals surface area (Å²) >= 11 is 6.87. The van der Waals surface area contributed by atoms with Crippen LogP contribution in [0.25, 0.3) is 11.1 Å². The van der Waals surface area contributed by atoms with Crippen LogP contribution < -0.4 is 0 Å². The fourth-order valence-corrected chi connectivity index (χ4v) is 7.46. The van der Waals surface area contributed by atoms with E-state index in [-0.39, 0.29) is 24.9 Å². The molecule has 0 spiro atoms. The second-order valence-corrected chi connectivity index (χ2v) is 13.6. The number of nitrogens with zero attached hydrogens (tertiary/aromatic N) is 2. The predicted molar refractivity (Wildman–Crippen MR) is 197 cm³/mol. The predicted octanol–water partition coefficient (Wildman–Crippen LogP) is 8.36. The third kappa shape index (κ3) is 6.50. The Kier molecular flexibility index (Phi) is 9.65. The molecule has 1 fully saturated rings. The molecule has 1 saturated heterocycles. The van der Waals surface area contributed by atoms with Crippen LogP contribution in [0.3, 0.4) is 0 Å². The molecule has 7 nitrogen and oxygen atoms in total. The molecule has 2 amide bonds. The molecule has 0 bridgehead atoms. The van der Waals surface area contributed by atoms with Gasteiger partial charge in [-0.25, -0.2) is 4.79 Å². The van der Waals surface area contributed by atoms with Gasteiger partial charge in [-0.1, -0.05) is 138 Å². The summed E-state index contributed by atoms with van der Waals surface area (Å²) in [5.74, 6) is -1.15. The van der Waals surface area contributed by atoms with E-state index < -0.39 is 23.7 Å². The zero-order valence-corrected chi connectivity index (χ0v) is 29.4. The minimum atomic E-state index is -1.45. The highest BCUT2D eigenvalue weighted by Crippen LogP contribution is 2.45. The van der Waals surface area contributed by atoms with Crippen molar-refractivity contribution in [2.75, 3.05) is 26.7 Å². The van der Waals surface area contributed by atoms with E-state index in [1.165, 1.54) is 11.9 Å². The Balaban J connectivity index is 1.18. The summed E-state index contributed by atoms with van der Waals surface area (Å²) in [5, 5.41) is 0.415. The normalized spacial score (nSPS) is 15.1. The Bertz CT molecular complexity index is 2020. The van der Waals surface area contributed by atoms with Crippen molar-refractivity contribution in [1.82, 2.24) is 9.80 Å². The number of aryl methyl sites for hydroxylation is 1. The molecule has 0 N–H and O–H groups in total. The van der Waals surface area contributed by atoms with Gasteiger partial charge in [-0.3, -0.25) is 14.5 Å². The van der Waals surface area contributed by atoms with E-state index in [0.717, 1.165) is 34.2 Å². The van der Waals surface area contributed by atoms with E-state index in [9.17, 15) is 14.4 Å². The third-order valence-electron chi connectivity index (χ3n) is 10.1. The van der Waals surface area contributed by atoms with E-state index in [1.807, 2.05) is 104 Å². The quantitative estimate of drug-likeness (QED) is 0.108. The molecular weight excluding hydrogens is 660 g/mol. The van der Waals surface area contributed by atoms with Gasteiger partial charge < -0.3 is 14.4 Å². The summed E-state index contributed by atoms with van der Waals surface area (Å²) in [7, 11) is 1.51. The van der Waals surface area contributed by atoms with Gasteiger partial charge in [0.05, 0.1) is 6.42 Å². The smallest absolute Gasteiger partial charge is 0.410 e. The lowest BCUT2D eigenvalue weighted by atomic mass is 9.79. The number of rotatable bonds is 10. The second-order valence-electron chi connectivity index (χ2n) is 13.2. The number of carbonyl (C=O) groups excluding carboxylic acids is 3. The van der Waals surface area contributed by atoms with Crippen LogP contribution in [0, 0.1) is 6.92 Å². The number of likely N-dealkylation sites (N-methyl/N-ethyl adjacent to an activating group) is 1. The Morgan fingerprint density at radius 1 is 0.784 bits per heavy atom. The highest BCUT2D eigenvalue weighted by Gasteiger charge is 2.44. The summed E-state index contributed by atoms with van der Waals surface area (Å²) < 4.78 is 12.5. The monoisotopic (exact) mass is 698 g/mol. The lowest BCUT2D eigenvalue weighted by Crippen LogP contribution is -2.54. The Morgan fingerprint density at radius 2 is 1.35 bits per heavy atom. The van der Waals surface area contributed by atoms with Crippen molar-refractivity contribution in [3.63, 3.8) is 0 Å². The topological polar surface area (TPSA) is 76.2 Å². The number of likely N-dealkylation sites (tertiary alicyclic amines) is 1. The first-order valence-electron chi connectivity index (χ1n) is 17.2. The van der Waals surface area contributed by atoms with Crippen molar-refractivity contribution in [2.24, 2.45) is 0 Å². The molecule has 0 aromatic heterocycles. The number of benzene rings is 5. The van der Waals surface area contributed by atoms with Crippen molar-refractivity contribution in [3.8, 4) is 11.1 Å². The molecule has 5 aromatic carbocycles. The second kappa shape index (κ2) is 14.4. The van der Waals surface area contributed by atoms with Gasteiger partial charge in [0.1, 0.15) is 12.6 Å². The average Bonchev–Trinajstić information content (AvgIpc) is 3.45.